The minimum absolute atomic E-state index is 0.105. The zero-order valence-electron chi connectivity index (χ0n) is 20.2. The Bertz CT molecular complexity index is 1150. The van der Waals surface area contributed by atoms with E-state index in [-0.39, 0.29) is 24.2 Å². The summed E-state index contributed by atoms with van der Waals surface area (Å²) < 4.78 is 32.6. The second-order valence-corrected chi connectivity index (χ2v) is 11.6. The summed E-state index contributed by atoms with van der Waals surface area (Å²) in [4.78, 5) is 28.2. The van der Waals surface area contributed by atoms with Crippen molar-refractivity contribution in [2.45, 2.75) is 51.2 Å². The number of carbonyl (C=O) groups is 2. The van der Waals surface area contributed by atoms with Gasteiger partial charge in [0.05, 0.1) is 19.1 Å². The van der Waals surface area contributed by atoms with E-state index in [9.17, 15) is 18.0 Å². The Kier molecular flexibility index (Phi) is 9.18. The molecule has 2 aromatic carbocycles. The fourth-order valence-corrected chi connectivity index (χ4v) is 5.54. The van der Waals surface area contributed by atoms with Crippen molar-refractivity contribution in [1.29, 1.82) is 0 Å². The summed E-state index contributed by atoms with van der Waals surface area (Å²) in [5, 5.41) is 3.05. The summed E-state index contributed by atoms with van der Waals surface area (Å²) in [6.45, 7) is 1.36. The number of para-hydroxylation sites is 2. The van der Waals surface area contributed by atoms with E-state index in [1.54, 1.807) is 31.2 Å². The molecule has 8 nitrogen and oxygen atoms in total. The molecule has 0 saturated heterocycles. The molecular formula is C25H32BrN3O5S. The lowest BCUT2D eigenvalue weighted by molar-refractivity contribution is -0.139. The molecule has 1 aliphatic carbocycles. The van der Waals surface area contributed by atoms with Crippen molar-refractivity contribution in [2.75, 3.05) is 24.2 Å². The van der Waals surface area contributed by atoms with Crippen LogP contribution in [0.15, 0.2) is 53.0 Å². The second-order valence-electron chi connectivity index (χ2n) is 8.76. The first kappa shape index (κ1) is 27.0. The van der Waals surface area contributed by atoms with E-state index >= 15 is 0 Å². The number of carbonyl (C=O) groups excluding carboxylic acids is 2. The number of nitrogens with one attached hydrogen (secondary N) is 1. The maximum atomic E-state index is 13.6. The van der Waals surface area contributed by atoms with Crippen LogP contribution in [-0.2, 0) is 26.2 Å². The number of benzene rings is 2. The van der Waals surface area contributed by atoms with Crippen LogP contribution in [0.1, 0.15) is 38.2 Å². The van der Waals surface area contributed by atoms with E-state index in [4.69, 9.17) is 4.74 Å². The smallest absolute Gasteiger partial charge is 0.244 e. The molecule has 0 bridgehead atoms. The molecule has 2 amide bonds. The number of hydrogen-bond acceptors (Lipinski definition) is 5. The number of methoxy groups -OCH3 is 1. The number of nitrogens with zero attached hydrogens (tertiary/aromatic N) is 2. The molecular weight excluding hydrogens is 534 g/mol. The Morgan fingerprint density at radius 1 is 1.14 bits per heavy atom. The number of hydrogen-bond donors (Lipinski definition) is 1. The largest absolute Gasteiger partial charge is 0.495 e. The molecule has 0 spiro atoms. The molecule has 1 fully saturated rings. The van der Waals surface area contributed by atoms with E-state index in [0.29, 0.717) is 5.75 Å². The third kappa shape index (κ3) is 7.20. The van der Waals surface area contributed by atoms with Gasteiger partial charge in [0, 0.05) is 17.1 Å². The normalized spacial score (nSPS) is 14.9. The van der Waals surface area contributed by atoms with Crippen LogP contribution in [-0.4, -0.2) is 57.1 Å². The predicted octanol–water partition coefficient (Wildman–Crippen LogP) is 3.70. The molecule has 0 unspecified atom stereocenters. The molecule has 0 aromatic heterocycles. The van der Waals surface area contributed by atoms with Crippen LogP contribution < -0.4 is 14.4 Å². The van der Waals surface area contributed by atoms with Crippen LogP contribution in [0, 0.1) is 0 Å². The second kappa shape index (κ2) is 11.9. The standard InChI is InChI=1S/C25H32BrN3O5S/c1-18(25(31)27-21-11-4-5-12-21)28(16-19-9-8-10-20(26)15-19)24(30)17-29(35(3,32)33)22-13-6-7-14-23(22)34-2/h6-10,13-15,18,21H,4-5,11-12,16-17H2,1-3H3,(H,27,31)/t18-/m0/s1. The van der Waals surface area contributed by atoms with Crippen molar-refractivity contribution < 1.29 is 22.7 Å². The number of anilines is 1. The lowest BCUT2D eigenvalue weighted by Gasteiger charge is -2.32. The van der Waals surface area contributed by atoms with Gasteiger partial charge in [0.2, 0.25) is 21.8 Å². The average molecular weight is 567 g/mol. The third-order valence-corrected chi connectivity index (χ3v) is 7.76. The summed E-state index contributed by atoms with van der Waals surface area (Å²) in [5.41, 5.74) is 1.08. The average Bonchev–Trinajstić information content (AvgIpc) is 3.32. The Balaban J connectivity index is 1.90. The van der Waals surface area contributed by atoms with Crippen molar-refractivity contribution in [3.63, 3.8) is 0 Å². The lowest BCUT2D eigenvalue weighted by atomic mass is 10.1. The molecule has 0 radical (unpaired) electrons. The van der Waals surface area contributed by atoms with Gasteiger partial charge in [0.25, 0.3) is 0 Å². The van der Waals surface area contributed by atoms with E-state index < -0.39 is 28.5 Å². The highest BCUT2D eigenvalue weighted by Crippen LogP contribution is 2.30. The van der Waals surface area contributed by atoms with E-state index in [1.807, 2.05) is 24.3 Å². The zero-order chi connectivity index (χ0) is 25.6. The van der Waals surface area contributed by atoms with E-state index in [0.717, 1.165) is 46.3 Å². The first-order chi connectivity index (χ1) is 16.6. The maximum Gasteiger partial charge on any atom is 0.244 e. The van der Waals surface area contributed by atoms with Crippen molar-refractivity contribution in [3.8, 4) is 5.75 Å². The van der Waals surface area contributed by atoms with Gasteiger partial charge in [-0.15, -0.1) is 0 Å². The molecule has 10 heteroatoms. The minimum Gasteiger partial charge on any atom is -0.495 e. The Hall–Kier alpha value is -2.59. The Labute approximate surface area is 215 Å². The summed E-state index contributed by atoms with van der Waals surface area (Å²) in [5.74, 6) is -0.407. The van der Waals surface area contributed by atoms with E-state index in [1.165, 1.54) is 12.0 Å². The third-order valence-electron chi connectivity index (χ3n) is 6.14. The van der Waals surface area contributed by atoms with Gasteiger partial charge >= 0.3 is 0 Å². The number of ether oxygens (including phenoxy) is 1. The van der Waals surface area contributed by atoms with Crippen molar-refractivity contribution in [1.82, 2.24) is 10.2 Å². The van der Waals surface area contributed by atoms with Crippen LogP contribution in [0.25, 0.3) is 0 Å². The fourth-order valence-electron chi connectivity index (χ4n) is 4.24. The van der Waals surface area contributed by atoms with Gasteiger partial charge in [-0.1, -0.05) is 53.0 Å². The fraction of sp³-hybridized carbons (Fsp3) is 0.440. The molecule has 1 atom stereocenters. The first-order valence-corrected chi connectivity index (χ1v) is 14.2. The highest BCUT2D eigenvalue weighted by Gasteiger charge is 2.32. The van der Waals surface area contributed by atoms with Crippen molar-refractivity contribution in [2.24, 2.45) is 0 Å². The predicted molar refractivity (Wildman–Crippen MR) is 140 cm³/mol. The van der Waals surface area contributed by atoms with Crippen LogP contribution in [0.2, 0.25) is 0 Å². The van der Waals surface area contributed by atoms with Crippen LogP contribution in [0.4, 0.5) is 5.69 Å². The molecule has 2 aromatic rings. The highest BCUT2D eigenvalue weighted by atomic mass is 79.9. The van der Waals surface area contributed by atoms with Gasteiger partial charge in [-0.05, 0) is 49.6 Å². The van der Waals surface area contributed by atoms with Gasteiger partial charge < -0.3 is 15.0 Å². The summed E-state index contributed by atoms with van der Waals surface area (Å²) >= 11 is 3.44. The molecule has 35 heavy (non-hydrogen) atoms. The quantitative estimate of drug-likeness (QED) is 0.473. The molecule has 0 heterocycles. The monoisotopic (exact) mass is 565 g/mol. The molecule has 190 valence electrons. The van der Waals surface area contributed by atoms with Gasteiger partial charge in [0.15, 0.2) is 0 Å². The first-order valence-electron chi connectivity index (χ1n) is 11.5. The minimum atomic E-state index is -3.83. The maximum absolute atomic E-state index is 13.6. The van der Waals surface area contributed by atoms with Gasteiger partial charge in [-0.2, -0.15) is 0 Å². The summed E-state index contributed by atoms with van der Waals surface area (Å²) in [6, 6.07) is 13.4. The number of rotatable bonds is 10. The number of sulfonamides is 1. The Morgan fingerprint density at radius 2 is 1.83 bits per heavy atom. The topological polar surface area (TPSA) is 96.0 Å². The molecule has 1 N–H and O–H groups in total. The Morgan fingerprint density at radius 3 is 2.46 bits per heavy atom. The molecule has 1 aliphatic rings. The summed E-state index contributed by atoms with van der Waals surface area (Å²) in [6.07, 6.45) is 5.04. The van der Waals surface area contributed by atoms with Crippen molar-refractivity contribution in [3.05, 3.63) is 58.6 Å². The zero-order valence-corrected chi connectivity index (χ0v) is 22.6. The molecule has 0 aliphatic heterocycles. The summed E-state index contributed by atoms with van der Waals surface area (Å²) in [7, 11) is -2.38. The number of amides is 2. The molecule has 3 rings (SSSR count). The molecule has 1 saturated carbocycles. The van der Waals surface area contributed by atoms with Crippen LogP contribution in [0.3, 0.4) is 0 Å². The van der Waals surface area contributed by atoms with Crippen molar-refractivity contribution >= 4 is 43.5 Å². The highest BCUT2D eigenvalue weighted by molar-refractivity contribution is 9.10. The SMILES string of the molecule is COc1ccccc1N(CC(=O)N(Cc1cccc(Br)c1)[C@@H](C)C(=O)NC1CCCC1)S(C)(=O)=O. The van der Waals surface area contributed by atoms with Gasteiger partial charge in [-0.3, -0.25) is 13.9 Å². The van der Waals surface area contributed by atoms with E-state index in [2.05, 4.69) is 21.2 Å². The van der Waals surface area contributed by atoms with Crippen LogP contribution in [0.5, 0.6) is 5.75 Å². The van der Waals surface area contributed by atoms with Gasteiger partial charge in [-0.25, -0.2) is 8.42 Å². The van der Waals surface area contributed by atoms with Gasteiger partial charge in [0.1, 0.15) is 18.3 Å². The lowest BCUT2D eigenvalue weighted by Crippen LogP contribution is -2.52. The number of halogens is 1. The van der Waals surface area contributed by atoms with Crippen LogP contribution >= 0.6 is 15.9 Å².